The van der Waals surface area contributed by atoms with Gasteiger partial charge in [-0.3, -0.25) is 9.69 Å². The van der Waals surface area contributed by atoms with E-state index in [2.05, 4.69) is 4.90 Å². The minimum atomic E-state index is -0.939. The molecule has 2 aromatic heterocycles. The molecule has 2 atom stereocenters. The van der Waals surface area contributed by atoms with Crippen molar-refractivity contribution in [2.45, 2.75) is 19.1 Å². The molecule has 2 N–H and O–H groups in total. The van der Waals surface area contributed by atoms with E-state index in [-0.39, 0.29) is 0 Å². The van der Waals surface area contributed by atoms with Crippen LogP contribution in [-0.4, -0.2) is 50.1 Å². The molecule has 1 aliphatic heterocycles. The first-order chi connectivity index (χ1) is 13.1. The molecule has 6 nitrogen and oxygen atoms in total. The molecule has 140 valence electrons. The summed E-state index contributed by atoms with van der Waals surface area (Å²) < 4.78 is 1.87. The largest absolute Gasteiger partial charge is 0.481 e. The van der Waals surface area contributed by atoms with Gasteiger partial charge in [0.25, 0.3) is 0 Å². The van der Waals surface area contributed by atoms with Crippen molar-refractivity contribution in [1.29, 1.82) is 0 Å². The second-order valence-corrected chi connectivity index (χ2v) is 7.74. The number of nitrogens with zero attached hydrogens (tertiary/aromatic N) is 3. The molecule has 0 spiro atoms. The van der Waals surface area contributed by atoms with Gasteiger partial charge < -0.3 is 10.2 Å². The number of aliphatic carboxylic acids is 1. The van der Waals surface area contributed by atoms with Crippen LogP contribution < -0.4 is 0 Å². The van der Waals surface area contributed by atoms with E-state index in [0.29, 0.717) is 26.1 Å². The molecular weight excluding hydrogens is 362 g/mol. The van der Waals surface area contributed by atoms with Gasteiger partial charge in [0.2, 0.25) is 0 Å². The fourth-order valence-electron chi connectivity index (χ4n) is 3.49. The Morgan fingerprint density at radius 2 is 2.04 bits per heavy atom. The van der Waals surface area contributed by atoms with Crippen molar-refractivity contribution in [2.24, 2.45) is 5.92 Å². The van der Waals surface area contributed by atoms with Gasteiger partial charge in [0.15, 0.2) is 0 Å². The third-order valence-corrected chi connectivity index (χ3v) is 5.81. The third-order valence-electron chi connectivity index (χ3n) is 4.94. The topological polar surface area (TPSA) is 78.6 Å². The van der Waals surface area contributed by atoms with Gasteiger partial charge in [-0.2, -0.15) is 5.10 Å². The number of aliphatic hydroxyl groups is 1. The molecule has 1 fully saturated rings. The molecule has 0 aliphatic carbocycles. The average Bonchev–Trinajstić information content (AvgIpc) is 3.33. The van der Waals surface area contributed by atoms with Crippen LogP contribution in [0.5, 0.6) is 0 Å². The van der Waals surface area contributed by atoms with Gasteiger partial charge in [0.1, 0.15) is 5.69 Å². The number of hydrogen-bond donors (Lipinski definition) is 2. The fourth-order valence-corrected chi connectivity index (χ4v) is 4.24. The zero-order valence-electron chi connectivity index (χ0n) is 14.7. The summed E-state index contributed by atoms with van der Waals surface area (Å²) >= 11 is 1.64. The first-order valence-corrected chi connectivity index (χ1v) is 9.81. The molecule has 0 radical (unpaired) electrons. The number of carboxylic acids is 1. The van der Waals surface area contributed by atoms with Crippen molar-refractivity contribution >= 4 is 17.3 Å². The zero-order chi connectivity index (χ0) is 18.8. The predicted molar refractivity (Wildman–Crippen MR) is 104 cm³/mol. The minimum absolute atomic E-state index is 0.344. The van der Waals surface area contributed by atoms with Crippen molar-refractivity contribution in [2.75, 3.05) is 13.1 Å². The average molecular weight is 383 g/mol. The lowest BCUT2D eigenvalue weighted by Gasteiger charge is -2.33. The van der Waals surface area contributed by atoms with Crippen molar-refractivity contribution in [3.8, 4) is 16.3 Å². The lowest BCUT2D eigenvalue weighted by molar-refractivity contribution is -0.149. The molecule has 1 saturated heterocycles. The van der Waals surface area contributed by atoms with E-state index >= 15 is 0 Å². The van der Waals surface area contributed by atoms with Crippen LogP contribution in [0.4, 0.5) is 0 Å². The number of aliphatic hydroxyl groups excluding tert-OH is 1. The first-order valence-electron chi connectivity index (χ1n) is 8.93. The van der Waals surface area contributed by atoms with E-state index in [0.717, 1.165) is 21.8 Å². The summed E-state index contributed by atoms with van der Waals surface area (Å²) in [7, 11) is 0. The van der Waals surface area contributed by atoms with Gasteiger partial charge in [0, 0.05) is 31.4 Å². The maximum atomic E-state index is 11.4. The Labute approximate surface area is 161 Å². The van der Waals surface area contributed by atoms with E-state index in [4.69, 9.17) is 5.10 Å². The molecule has 3 heterocycles. The summed E-state index contributed by atoms with van der Waals surface area (Å²) in [5.41, 5.74) is 2.97. The van der Waals surface area contributed by atoms with E-state index in [9.17, 15) is 15.0 Å². The number of aromatic nitrogens is 2. The number of rotatable bonds is 5. The highest BCUT2D eigenvalue weighted by Gasteiger charge is 2.33. The van der Waals surface area contributed by atoms with Gasteiger partial charge in [-0.05, 0) is 30.0 Å². The van der Waals surface area contributed by atoms with Crippen LogP contribution in [0.3, 0.4) is 0 Å². The van der Waals surface area contributed by atoms with Gasteiger partial charge >= 0.3 is 5.97 Å². The van der Waals surface area contributed by atoms with Crippen molar-refractivity contribution in [1.82, 2.24) is 14.7 Å². The van der Waals surface area contributed by atoms with Crippen LogP contribution >= 0.6 is 11.3 Å². The quantitative estimate of drug-likeness (QED) is 0.708. The van der Waals surface area contributed by atoms with Crippen molar-refractivity contribution in [3.63, 3.8) is 0 Å². The lowest BCUT2D eigenvalue weighted by atomic mass is 9.94. The number of carbonyl (C=O) groups is 1. The standard InChI is InChI=1S/C20H21N3O3S/c24-17-8-9-22(13-16(17)20(25)26)11-14-12-23(15-5-2-1-3-6-15)21-19(14)18-7-4-10-27-18/h1-7,10,12,16-17,24H,8-9,11,13H2,(H,25,26)/t16-,17+/m0/s1. The van der Waals surface area contributed by atoms with Crippen LogP contribution in [0.1, 0.15) is 12.0 Å². The maximum Gasteiger partial charge on any atom is 0.310 e. The maximum absolute atomic E-state index is 11.4. The molecule has 7 heteroatoms. The van der Waals surface area contributed by atoms with Crippen molar-refractivity contribution < 1.29 is 15.0 Å². The van der Waals surface area contributed by atoms with Gasteiger partial charge in [-0.25, -0.2) is 4.68 Å². The zero-order valence-corrected chi connectivity index (χ0v) is 15.5. The Bertz CT molecular complexity index is 908. The second-order valence-electron chi connectivity index (χ2n) is 6.80. The Balaban J connectivity index is 1.63. The van der Waals surface area contributed by atoms with Crippen LogP contribution in [0.2, 0.25) is 0 Å². The summed E-state index contributed by atoms with van der Waals surface area (Å²) in [5.74, 6) is -1.68. The number of likely N-dealkylation sites (tertiary alicyclic amines) is 1. The Kier molecular flexibility index (Phi) is 5.07. The smallest absolute Gasteiger partial charge is 0.310 e. The fraction of sp³-hybridized carbons (Fsp3) is 0.300. The number of thiophene rings is 1. The van der Waals surface area contributed by atoms with Gasteiger partial charge in [-0.1, -0.05) is 24.3 Å². The van der Waals surface area contributed by atoms with Crippen LogP contribution in [0.25, 0.3) is 16.3 Å². The normalized spacial score (nSPS) is 20.6. The predicted octanol–water partition coefficient (Wildman–Crippen LogP) is 2.87. The highest BCUT2D eigenvalue weighted by Crippen LogP contribution is 2.30. The van der Waals surface area contributed by atoms with Crippen molar-refractivity contribution in [3.05, 3.63) is 59.6 Å². The van der Waals surface area contributed by atoms with Crippen LogP contribution in [0, 0.1) is 5.92 Å². The highest BCUT2D eigenvalue weighted by atomic mass is 32.1. The van der Waals surface area contributed by atoms with Crippen LogP contribution in [0.15, 0.2) is 54.0 Å². The summed E-state index contributed by atoms with van der Waals surface area (Å²) in [4.78, 5) is 14.6. The Hall–Kier alpha value is -2.48. The molecule has 4 rings (SSSR count). The molecular formula is C20H21N3O3S. The molecule has 0 unspecified atom stereocenters. The summed E-state index contributed by atoms with van der Waals surface area (Å²) in [6.45, 7) is 1.62. The van der Waals surface area contributed by atoms with E-state index in [1.807, 2.05) is 58.7 Å². The van der Waals surface area contributed by atoms with E-state index in [1.165, 1.54) is 0 Å². The number of hydrogen-bond acceptors (Lipinski definition) is 5. The first kappa shape index (κ1) is 17.9. The third kappa shape index (κ3) is 3.80. The van der Waals surface area contributed by atoms with Crippen LogP contribution in [-0.2, 0) is 11.3 Å². The molecule has 1 aliphatic rings. The molecule has 3 aromatic rings. The number of piperidine rings is 1. The molecule has 0 amide bonds. The molecule has 0 bridgehead atoms. The minimum Gasteiger partial charge on any atom is -0.481 e. The Morgan fingerprint density at radius 1 is 1.22 bits per heavy atom. The SMILES string of the molecule is O=C(O)[C@H]1CN(Cc2cn(-c3ccccc3)nc2-c2cccs2)CC[C@H]1O. The molecule has 1 aromatic carbocycles. The van der Waals surface area contributed by atoms with Gasteiger partial charge in [-0.15, -0.1) is 11.3 Å². The van der Waals surface area contributed by atoms with Gasteiger partial charge in [0.05, 0.1) is 22.6 Å². The number of benzene rings is 1. The summed E-state index contributed by atoms with van der Waals surface area (Å²) in [6.07, 6.45) is 1.71. The second kappa shape index (κ2) is 7.64. The van der Waals surface area contributed by atoms with E-state index in [1.54, 1.807) is 11.3 Å². The summed E-state index contributed by atoms with van der Waals surface area (Å²) in [6, 6.07) is 14.0. The number of para-hydroxylation sites is 1. The molecule has 0 saturated carbocycles. The lowest BCUT2D eigenvalue weighted by Crippen LogP contribution is -2.46. The number of carboxylic acid groups (broad SMARTS) is 1. The van der Waals surface area contributed by atoms with E-state index < -0.39 is 18.0 Å². The monoisotopic (exact) mass is 383 g/mol. The highest BCUT2D eigenvalue weighted by molar-refractivity contribution is 7.13. The summed E-state index contributed by atoms with van der Waals surface area (Å²) in [5, 5.41) is 26.1. The Morgan fingerprint density at radius 3 is 2.74 bits per heavy atom. The molecule has 27 heavy (non-hydrogen) atoms.